The van der Waals surface area contributed by atoms with E-state index in [4.69, 9.17) is 0 Å². The summed E-state index contributed by atoms with van der Waals surface area (Å²) in [5, 5.41) is 3.15. The highest BCUT2D eigenvalue weighted by atomic mass is 127. The molecular weight excluding hydrogens is 441 g/mol. The van der Waals surface area contributed by atoms with E-state index in [1.54, 1.807) is 0 Å². The third-order valence-electron chi connectivity index (χ3n) is 3.26. The molecule has 0 radical (unpaired) electrons. The second kappa shape index (κ2) is 7.94. The predicted octanol–water partition coefficient (Wildman–Crippen LogP) is 5.32. The van der Waals surface area contributed by atoms with Gasteiger partial charge in [-0.3, -0.25) is 4.79 Å². The van der Waals surface area contributed by atoms with Crippen molar-refractivity contribution in [3.63, 3.8) is 0 Å². The van der Waals surface area contributed by atoms with Crippen molar-refractivity contribution in [2.45, 2.75) is 25.8 Å². The number of hydrogen-bond acceptors (Lipinski definition) is 1. The topological polar surface area (TPSA) is 29.1 Å². The first-order valence-electron chi connectivity index (χ1n) is 6.92. The lowest BCUT2D eigenvalue weighted by Gasteiger charge is -2.19. The molecule has 0 bridgehead atoms. The van der Waals surface area contributed by atoms with Crippen LogP contribution in [-0.4, -0.2) is 5.91 Å². The van der Waals surface area contributed by atoms with Gasteiger partial charge in [-0.25, -0.2) is 0 Å². The van der Waals surface area contributed by atoms with Crippen molar-refractivity contribution in [2.75, 3.05) is 0 Å². The Morgan fingerprint density at radius 2 is 1.95 bits per heavy atom. The quantitative estimate of drug-likeness (QED) is 0.604. The molecule has 1 amide bonds. The van der Waals surface area contributed by atoms with Gasteiger partial charge in [0.05, 0.1) is 11.6 Å². The van der Waals surface area contributed by atoms with Crippen molar-refractivity contribution >= 4 is 44.4 Å². The zero-order valence-electron chi connectivity index (χ0n) is 11.8. The zero-order valence-corrected chi connectivity index (χ0v) is 15.5. The molecular formula is C17H17BrINO. The lowest BCUT2D eigenvalue weighted by Crippen LogP contribution is -2.28. The van der Waals surface area contributed by atoms with Gasteiger partial charge in [0.15, 0.2) is 0 Å². The molecule has 2 rings (SSSR count). The van der Waals surface area contributed by atoms with Crippen LogP contribution in [0.5, 0.6) is 0 Å². The van der Waals surface area contributed by atoms with E-state index in [9.17, 15) is 4.79 Å². The average molecular weight is 458 g/mol. The molecule has 2 nitrogen and oxygen atoms in total. The summed E-state index contributed by atoms with van der Waals surface area (Å²) in [7, 11) is 0. The Morgan fingerprint density at radius 1 is 1.24 bits per heavy atom. The Morgan fingerprint density at radius 3 is 2.62 bits per heavy atom. The van der Waals surface area contributed by atoms with Crippen LogP contribution in [0.25, 0.3) is 0 Å². The van der Waals surface area contributed by atoms with Crippen LogP contribution in [-0.2, 0) is 0 Å². The van der Waals surface area contributed by atoms with Gasteiger partial charge in [-0.15, -0.1) is 0 Å². The molecule has 0 heterocycles. The van der Waals surface area contributed by atoms with Crippen molar-refractivity contribution in [3.05, 3.63) is 67.7 Å². The van der Waals surface area contributed by atoms with E-state index in [-0.39, 0.29) is 11.9 Å². The Bertz CT molecular complexity index is 615. The van der Waals surface area contributed by atoms with Crippen molar-refractivity contribution in [1.82, 2.24) is 5.32 Å². The first-order valence-corrected chi connectivity index (χ1v) is 8.80. The van der Waals surface area contributed by atoms with E-state index in [1.807, 2.05) is 36.4 Å². The number of halogens is 2. The van der Waals surface area contributed by atoms with Crippen LogP contribution >= 0.6 is 38.5 Å². The maximum absolute atomic E-state index is 12.5. The summed E-state index contributed by atoms with van der Waals surface area (Å²) in [5.41, 5.74) is 1.83. The lowest BCUT2D eigenvalue weighted by molar-refractivity contribution is 0.0933. The molecule has 0 aliphatic rings. The first-order chi connectivity index (χ1) is 10.1. The van der Waals surface area contributed by atoms with Gasteiger partial charge < -0.3 is 5.32 Å². The smallest absolute Gasteiger partial charge is 0.252 e. The molecule has 1 N–H and O–H groups in total. The molecule has 0 fully saturated rings. The fourth-order valence-electron chi connectivity index (χ4n) is 2.20. The van der Waals surface area contributed by atoms with Crippen molar-refractivity contribution in [3.8, 4) is 0 Å². The molecule has 0 aliphatic heterocycles. The molecule has 2 aromatic carbocycles. The molecule has 0 aliphatic carbocycles. The minimum atomic E-state index is -0.0392. The van der Waals surface area contributed by atoms with Gasteiger partial charge in [0, 0.05) is 8.04 Å². The third-order valence-corrected chi connectivity index (χ3v) is 4.62. The first kappa shape index (κ1) is 16.5. The van der Waals surface area contributed by atoms with Crippen LogP contribution in [0.4, 0.5) is 0 Å². The Balaban J connectivity index is 2.20. The summed E-state index contributed by atoms with van der Waals surface area (Å²) in [6.07, 6.45) is 1.95. The van der Waals surface area contributed by atoms with Gasteiger partial charge >= 0.3 is 0 Å². The van der Waals surface area contributed by atoms with E-state index in [1.165, 1.54) is 0 Å². The van der Waals surface area contributed by atoms with Crippen LogP contribution < -0.4 is 5.32 Å². The molecule has 1 unspecified atom stereocenters. The van der Waals surface area contributed by atoms with Gasteiger partial charge in [-0.2, -0.15) is 0 Å². The monoisotopic (exact) mass is 457 g/mol. The number of amides is 1. The number of carbonyl (C=O) groups is 1. The Labute approximate surface area is 147 Å². The molecule has 110 valence electrons. The summed E-state index contributed by atoms with van der Waals surface area (Å²) in [6, 6.07) is 16.0. The predicted molar refractivity (Wildman–Crippen MR) is 98.4 cm³/mol. The summed E-state index contributed by atoms with van der Waals surface area (Å²) in [4.78, 5) is 12.5. The summed E-state index contributed by atoms with van der Waals surface area (Å²) >= 11 is 5.67. The maximum atomic E-state index is 12.5. The number of nitrogens with one attached hydrogen (secondary N) is 1. The summed E-state index contributed by atoms with van der Waals surface area (Å²) < 4.78 is 1.87. The number of benzene rings is 2. The molecule has 0 saturated heterocycles. The number of hydrogen-bond donors (Lipinski definition) is 1. The van der Waals surface area contributed by atoms with Gasteiger partial charge in [0.2, 0.25) is 0 Å². The molecule has 21 heavy (non-hydrogen) atoms. The fourth-order valence-corrected chi connectivity index (χ4v) is 3.12. The van der Waals surface area contributed by atoms with Gasteiger partial charge in [0.1, 0.15) is 0 Å². The van der Waals surface area contributed by atoms with E-state index >= 15 is 0 Å². The van der Waals surface area contributed by atoms with Crippen LogP contribution in [0, 0.1) is 3.57 Å². The standard InChI is InChI=1S/C17H17BrINO/c1-2-6-16(12-7-4-3-5-8-12)20-17(21)14-11-13(19)9-10-15(14)18/h3-5,7-11,16H,2,6H2,1H3,(H,20,21). The highest BCUT2D eigenvalue weighted by Crippen LogP contribution is 2.23. The molecule has 1 atom stereocenters. The molecule has 2 aromatic rings. The molecule has 0 spiro atoms. The summed E-state index contributed by atoms with van der Waals surface area (Å²) in [6.45, 7) is 2.13. The average Bonchev–Trinajstić information content (AvgIpc) is 2.50. The van der Waals surface area contributed by atoms with Crippen LogP contribution in [0.2, 0.25) is 0 Å². The summed E-state index contributed by atoms with van der Waals surface area (Å²) in [5.74, 6) is -0.0392. The van der Waals surface area contributed by atoms with Gasteiger partial charge in [-0.05, 0) is 68.7 Å². The minimum absolute atomic E-state index is 0.0392. The van der Waals surface area contributed by atoms with Gasteiger partial charge in [-0.1, -0.05) is 43.7 Å². The van der Waals surface area contributed by atoms with Crippen molar-refractivity contribution < 1.29 is 4.79 Å². The van der Waals surface area contributed by atoms with E-state index < -0.39 is 0 Å². The lowest BCUT2D eigenvalue weighted by atomic mass is 10.0. The van der Waals surface area contributed by atoms with Crippen molar-refractivity contribution in [2.24, 2.45) is 0 Å². The normalized spacial score (nSPS) is 12.0. The minimum Gasteiger partial charge on any atom is -0.345 e. The molecule has 0 saturated carbocycles. The SMILES string of the molecule is CCCC(NC(=O)c1cc(I)ccc1Br)c1ccccc1. The van der Waals surface area contributed by atoms with E-state index in [0.29, 0.717) is 5.56 Å². The zero-order chi connectivity index (χ0) is 15.2. The third kappa shape index (κ3) is 4.54. The van der Waals surface area contributed by atoms with Gasteiger partial charge in [0.25, 0.3) is 5.91 Å². The number of rotatable bonds is 5. The highest BCUT2D eigenvalue weighted by Gasteiger charge is 2.17. The largest absolute Gasteiger partial charge is 0.345 e. The van der Waals surface area contributed by atoms with Crippen LogP contribution in [0.3, 0.4) is 0 Å². The van der Waals surface area contributed by atoms with E-state index in [0.717, 1.165) is 26.4 Å². The van der Waals surface area contributed by atoms with Crippen molar-refractivity contribution in [1.29, 1.82) is 0 Å². The second-order valence-electron chi connectivity index (χ2n) is 4.85. The van der Waals surface area contributed by atoms with Crippen LogP contribution in [0.15, 0.2) is 53.0 Å². The molecule has 4 heteroatoms. The number of carbonyl (C=O) groups excluding carboxylic acids is 1. The maximum Gasteiger partial charge on any atom is 0.252 e. The highest BCUT2D eigenvalue weighted by molar-refractivity contribution is 14.1. The fraction of sp³-hybridized carbons (Fsp3) is 0.235. The van der Waals surface area contributed by atoms with E-state index in [2.05, 4.69) is 62.9 Å². The second-order valence-corrected chi connectivity index (χ2v) is 6.95. The molecule has 0 aromatic heterocycles. The Hall–Kier alpha value is -0.880. The van der Waals surface area contributed by atoms with Crippen LogP contribution in [0.1, 0.15) is 41.7 Å². The Kier molecular flexibility index (Phi) is 6.23.